The maximum Gasteiger partial charge on any atom is 0.338 e. The molecule has 0 spiro atoms. The third-order valence-corrected chi connectivity index (χ3v) is 5.40. The lowest BCUT2D eigenvalue weighted by Crippen LogP contribution is -2.44. The van der Waals surface area contributed by atoms with Crippen LogP contribution in [0, 0.1) is 6.92 Å². The number of carbonyl (C=O) groups is 3. The number of ether oxygens (including phenoxy) is 3. The summed E-state index contributed by atoms with van der Waals surface area (Å²) in [5.41, 5.74) is 1.97. The van der Waals surface area contributed by atoms with Crippen molar-refractivity contribution in [1.82, 2.24) is 10.3 Å². The molecule has 1 amide bonds. The lowest BCUT2D eigenvalue weighted by molar-refractivity contribution is -0.145. The van der Waals surface area contributed by atoms with Gasteiger partial charge in [-0.25, -0.2) is 14.6 Å². The summed E-state index contributed by atoms with van der Waals surface area (Å²) >= 11 is 1.55. The average molecular weight is 469 g/mol. The van der Waals surface area contributed by atoms with E-state index in [1.165, 1.54) is 7.11 Å². The standard InChI is InChI=1S/C24H24N2O6S/c1-16-25-19(15-33-16)13-31-20-10-8-18(9-11-20)23(28)32-14-22(27)26-21(24(29)30-2)12-17-6-4-3-5-7-17/h3-11,15,21H,12-14H2,1-2H3,(H,26,27). The van der Waals surface area contributed by atoms with Gasteiger partial charge in [-0.1, -0.05) is 30.3 Å². The highest BCUT2D eigenvalue weighted by atomic mass is 32.1. The number of nitrogens with one attached hydrogen (secondary N) is 1. The van der Waals surface area contributed by atoms with Crippen molar-refractivity contribution in [1.29, 1.82) is 0 Å². The molecular weight excluding hydrogens is 444 g/mol. The Morgan fingerprint density at radius 3 is 2.42 bits per heavy atom. The number of esters is 2. The van der Waals surface area contributed by atoms with Crippen LogP contribution in [0.15, 0.2) is 60.0 Å². The largest absolute Gasteiger partial charge is 0.487 e. The molecule has 1 N–H and O–H groups in total. The van der Waals surface area contributed by atoms with Gasteiger partial charge in [0.1, 0.15) is 18.4 Å². The Morgan fingerprint density at radius 2 is 1.79 bits per heavy atom. The minimum atomic E-state index is -0.887. The van der Waals surface area contributed by atoms with Crippen LogP contribution in [-0.4, -0.2) is 42.6 Å². The second kappa shape index (κ2) is 11.8. The Kier molecular flexibility index (Phi) is 8.54. The first-order chi connectivity index (χ1) is 15.9. The third-order valence-electron chi connectivity index (χ3n) is 4.58. The molecule has 0 aliphatic carbocycles. The number of aryl methyl sites for hydroxylation is 1. The lowest BCUT2D eigenvalue weighted by Gasteiger charge is -2.16. The second-order valence-corrected chi connectivity index (χ2v) is 8.14. The van der Waals surface area contributed by atoms with Gasteiger partial charge in [-0.05, 0) is 36.8 Å². The Balaban J connectivity index is 1.48. The first-order valence-corrected chi connectivity index (χ1v) is 11.0. The minimum absolute atomic E-state index is 0.259. The predicted molar refractivity (Wildman–Crippen MR) is 122 cm³/mol. The molecule has 8 nitrogen and oxygen atoms in total. The fourth-order valence-corrected chi connectivity index (χ4v) is 3.55. The number of amides is 1. The van der Waals surface area contributed by atoms with Crippen molar-refractivity contribution >= 4 is 29.2 Å². The van der Waals surface area contributed by atoms with Gasteiger partial charge in [0.15, 0.2) is 6.61 Å². The molecule has 172 valence electrons. The molecule has 0 aliphatic heterocycles. The molecular formula is C24H24N2O6S. The zero-order valence-corrected chi connectivity index (χ0v) is 19.1. The first kappa shape index (κ1) is 23.9. The second-order valence-electron chi connectivity index (χ2n) is 7.08. The summed E-state index contributed by atoms with van der Waals surface area (Å²) in [5.74, 6) is -1.27. The Bertz CT molecular complexity index is 1080. The number of nitrogens with zero attached hydrogens (tertiary/aromatic N) is 1. The van der Waals surface area contributed by atoms with Crippen LogP contribution in [0.3, 0.4) is 0 Å². The topological polar surface area (TPSA) is 104 Å². The van der Waals surface area contributed by atoms with Crippen molar-refractivity contribution < 1.29 is 28.6 Å². The molecule has 0 bridgehead atoms. The lowest BCUT2D eigenvalue weighted by atomic mass is 10.1. The van der Waals surface area contributed by atoms with Gasteiger partial charge in [-0.15, -0.1) is 11.3 Å². The molecule has 0 radical (unpaired) electrons. The van der Waals surface area contributed by atoms with E-state index in [-0.39, 0.29) is 12.0 Å². The fourth-order valence-electron chi connectivity index (χ4n) is 2.95. The normalized spacial score (nSPS) is 11.3. The number of hydrogen-bond acceptors (Lipinski definition) is 8. The number of carbonyl (C=O) groups excluding carboxylic acids is 3. The van der Waals surface area contributed by atoms with Gasteiger partial charge < -0.3 is 19.5 Å². The third kappa shape index (κ3) is 7.43. The summed E-state index contributed by atoms with van der Waals surface area (Å²) in [7, 11) is 1.25. The Labute approximate surface area is 195 Å². The highest BCUT2D eigenvalue weighted by molar-refractivity contribution is 7.09. The molecule has 0 fully saturated rings. The maximum atomic E-state index is 12.3. The van der Waals surface area contributed by atoms with E-state index in [4.69, 9.17) is 14.2 Å². The molecule has 3 aromatic rings. The summed E-state index contributed by atoms with van der Waals surface area (Å²) < 4.78 is 15.5. The van der Waals surface area contributed by atoms with Crippen molar-refractivity contribution in [2.24, 2.45) is 0 Å². The van der Waals surface area contributed by atoms with Crippen LogP contribution in [0.4, 0.5) is 0 Å². The summed E-state index contributed by atoms with van der Waals surface area (Å²) in [6.45, 7) is 1.73. The number of thiazole rings is 1. The van der Waals surface area contributed by atoms with E-state index in [2.05, 4.69) is 10.3 Å². The Morgan fingerprint density at radius 1 is 1.06 bits per heavy atom. The van der Waals surface area contributed by atoms with Crippen LogP contribution in [-0.2, 0) is 32.1 Å². The van der Waals surface area contributed by atoms with E-state index in [9.17, 15) is 14.4 Å². The number of aromatic nitrogens is 1. The number of rotatable bonds is 10. The van der Waals surface area contributed by atoms with Gasteiger partial charge in [0.05, 0.1) is 23.4 Å². The quantitative estimate of drug-likeness (QED) is 0.456. The molecule has 9 heteroatoms. The summed E-state index contributed by atoms with van der Waals surface area (Å²) in [5, 5.41) is 5.44. The van der Waals surface area contributed by atoms with Crippen molar-refractivity contribution in [3.8, 4) is 5.75 Å². The molecule has 1 aromatic heterocycles. The van der Waals surface area contributed by atoms with Gasteiger partial charge in [0.2, 0.25) is 0 Å². The van der Waals surface area contributed by atoms with Crippen LogP contribution in [0.5, 0.6) is 5.75 Å². The molecule has 0 saturated carbocycles. The molecule has 1 atom stereocenters. The molecule has 3 rings (SSSR count). The summed E-state index contributed by atoms with van der Waals surface area (Å²) in [6.07, 6.45) is 0.259. The zero-order valence-electron chi connectivity index (χ0n) is 18.3. The van der Waals surface area contributed by atoms with E-state index < -0.39 is 30.5 Å². The Hall–Kier alpha value is -3.72. The predicted octanol–water partition coefficient (Wildman–Crippen LogP) is 3.09. The summed E-state index contributed by atoms with van der Waals surface area (Å²) in [4.78, 5) is 40.9. The van der Waals surface area contributed by atoms with Gasteiger partial charge in [0, 0.05) is 11.8 Å². The van der Waals surface area contributed by atoms with Crippen LogP contribution in [0.2, 0.25) is 0 Å². The summed E-state index contributed by atoms with van der Waals surface area (Å²) in [6, 6.07) is 14.7. The maximum absolute atomic E-state index is 12.3. The average Bonchev–Trinajstić information content (AvgIpc) is 3.26. The van der Waals surface area contributed by atoms with Crippen LogP contribution in [0.25, 0.3) is 0 Å². The minimum Gasteiger partial charge on any atom is -0.487 e. The number of hydrogen-bond donors (Lipinski definition) is 1. The van der Waals surface area contributed by atoms with Crippen LogP contribution < -0.4 is 10.1 Å². The van der Waals surface area contributed by atoms with Gasteiger partial charge in [-0.3, -0.25) is 4.79 Å². The molecule has 2 aromatic carbocycles. The molecule has 0 saturated heterocycles. The monoisotopic (exact) mass is 468 g/mol. The van der Waals surface area contributed by atoms with Crippen LogP contribution >= 0.6 is 11.3 Å². The van der Waals surface area contributed by atoms with Gasteiger partial charge in [-0.2, -0.15) is 0 Å². The SMILES string of the molecule is COC(=O)C(Cc1ccccc1)NC(=O)COC(=O)c1ccc(OCc2csc(C)n2)cc1. The molecule has 1 unspecified atom stereocenters. The van der Waals surface area contributed by atoms with E-state index in [0.717, 1.165) is 16.3 Å². The van der Waals surface area contributed by atoms with Gasteiger partial charge >= 0.3 is 11.9 Å². The first-order valence-electron chi connectivity index (χ1n) is 10.2. The number of benzene rings is 2. The number of methoxy groups -OCH3 is 1. The smallest absolute Gasteiger partial charge is 0.338 e. The van der Waals surface area contributed by atoms with E-state index in [1.54, 1.807) is 35.6 Å². The van der Waals surface area contributed by atoms with Crippen molar-refractivity contribution in [2.75, 3.05) is 13.7 Å². The van der Waals surface area contributed by atoms with E-state index in [1.807, 2.05) is 42.6 Å². The van der Waals surface area contributed by atoms with Crippen molar-refractivity contribution in [3.63, 3.8) is 0 Å². The fraction of sp³-hybridized carbons (Fsp3) is 0.250. The van der Waals surface area contributed by atoms with E-state index >= 15 is 0 Å². The highest BCUT2D eigenvalue weighted by Crippen LogP contribution is 2.16. The molecule has 1 heterocycles. The van der Waals surface area contributed by atoms with Crippen LogP contribution in [0.1, 0.15) is 26.6 Å². The van der Waals surface area contributed by atoms with Crippen molar-refractivity contribution in [3.05, 3.63) is 81.8 Å². The molecule has 0 aliphatic rings. The molecule has 33 heavy (non-hydrogen) atoms. The van der Waals surface area contributed by atoms with Gasteiger partial charge in [0.25, 0.3) is 5.91 Å². The van der Waals surface area contributed by atoms with E-state index in [0.29, 0.717) is 12.4 Å². The van der Waals surface area contributed by atoms with Crippen molar-refractivity contribution in [2.45, 2.75) is 26.0 Å². The zero-order chi connectivity index (χ0) is 23.6. The highest BCUT2D eigenvalue weighted by Gasteiger charge is 2.22.